The standard InChI is InChI=1S/C24H22N6O3/c1-15(31)27-10-19-11-30(23(32)33-19)18-5-3-17(4-6-18)24(14-26)20-12-29(13-21(20)24)22-7-2-16(8-25)9-28-22/h2-7,9,19-21H,10-13H2,1H3,(H,27,31)/t19-,20?,21?,24?/m0/s1. The third kappa shape index (κ3) is 3.42. The highest BCUT2D eigenvalue weighted by atomic mass is 16.6. The van der Waals surface area contributed by atoms with Crippen molar-refractivity contribution in [2.75, 3.05) is 36.0 Å². The van der Waals surface area contributed by atoms with Crippen molar-refractivity contribution < 1.29 is 14.3 Å². The SMILES string of the molecule is CC(=O)NC[C@H]1CN(c2ccc(C3(C#N)C4CN(c5ccc(C#N)cn5)CC43)cc2)C(=O)O1. The van der Waals surface area contributed by atoms with E-state index in [1.165, 1.54) is 6.92 Å². The lowest BCUT2D eigenvalue weighted by Crippen LogP contribution is -2.33. The smallest absolute Gasteiger partial charge is 0.414 e. The summed E-state index contributed by atoms with van der Waals surface area (Å²) in [5.74, 6) is 1.08. The minimum atomic E-state index is -0.527. The Kier molecular flexibility index (Phi) is 4.90. The number of carbonyl (C=O) groups excluding carboxylic acids is 2. The number of nitrogens with zero attached hydrogens (tertiary/aromatic N) is 5. The molecule has 1 saturated carbocycles. The third-order valence-corrected chi connectivity index (χ3v) is 6.88. The van der Waals surface area contributed by atoms with Crippen LogP contribution in [0.1, 0.15) is 18.1 Å². The molecule has 5 rings (SSSR count). The molecule has 3 aliphatic rings. The highest BCUT2D eigenvalue weighted by Crippen LogP contribution is 2.63. The Labute approximate surface area is 191 Å². The Morgan fingerprint density at radius 1 is 1.18 bits per heavy atom. The number of ether oxygens (including phenoxy) is 1. The van der Waals surface area contributed by atoms with Crippen LogP contribution < -0.4 is 15.1 Å². The van der Waals surface area contributed by atoms with Crippen LogP contribution in [0, 0.1) is 34.5 Å². The maximum atomic E-state index is 12.3. The summed E-state index contributed by atoms with van der Waals surface area (Å²) in [5.41, 5.74) is 1.66. The van der Waals surface area contributed by atoms with Gasteiger partial charge in [-0.25, -0.2) is 9.78 Å². The van der Waals surface area contributed by atoms with Gasteiger partial charge in [0.25, 0.3) is 0 Å². The number of rotatable bonds is 5. The first kappa shape index (κ1) is 20.8. The Morgan fingerprint density at radius 2 is 1.91 bits per heavy atom. The molecular formula is C24H22N6O3. The van der Waals surface area contributed by atoms with Crippen LogP contribution >= 0.6 is 0 Å². The molecule has 9 nitrogen and oxygen atoms in total. The fraction of sp³-hybridized carbons (Fsp3) is 0.375. The largest absolute Gasteiger partial charge is 0.442 e. The Hall–Kier alpha value is -4.11. The van der Waals surface area contributed by atoms with Gasteiger partial charge in [-0.15, -0.1) is 0 Å². The van der Waals surface area contributed by atoms with Crippen molar-refractivity contribution in [3.05, 3.63) is 53.7 Å². The van der Waals surface area contributed by atoms with Crippen LogP contribution in [0.15, 0.2) is 42.6 Å². The van der Waals surface area contributed by atoms with Gasteiger partial charge in [0.2, 0.25) is 5.91 Å². The number of fused-ring (bicyclic) bond motifs is 1. The number of benzene rings is 1. The minimum absolute atomic E-state index is 0.167. The lowest BCUT2D eigenvalue weighted by atomic mass is 9.91. The van der Waals surface area contributed by atoms with Crippen molar-refractivity contribution >= 4 is 23.5 Å². The van der Waals surface area contributed by atoms with Gasteiger partial charge in [-0.1, -0.05) is 12.1 Å². The van der Waals surface area contributed by atoms with Crippen molar-refractivity contribution in [3.63, 3.8) is 0 Å². The molecule has 9 heteroatoms. The first-order valence-corrected chi connectivity index (χ1v) is 10.8. The molecule has 166 valence electrons. The van der Waals surface area contributed by atoms with E-state index in [4.69, 9.17) is 10.00 Å². The number of hydrogen-bond donors (Lipinski definition) is 1. The molecule has 0 spiro atoms. The van der Waals surface area contributed by atoms with Crippen LogP contribution in [0.25, 0.3) is 0 Å². The second-order valence-corrected chi connectivity index (χ2v) is 8.72. The molecule has 33 heavy (non-hydrogen) atoms. The van der Waals surface area contributed by atoms with Gasteiger partial charge in [0.05, 0.1) is 30.1 Å². The number of nitrogens with one attached hydrogen (secondary N) is 1. The minimum Gasteiger partial charge on any atom is -0.442 e. The topological polar surface area (TPSA) is 122 Å². The second kappa shape index (κ2) is 7.79. The molecule has 1 aromatic carbocycles. The summed E-state index contributed by atoms with van der Waals surface area (Å²) in [6, 6.07) is 15.8. The van der Waals surface area contributed by atoms with E-state index < -0.39 is 17.6 Å². The van der Waals surface area contributed by atoms with Gasteiger partial charge in [-0.3, -0.25) is 9.69 Å². The van der Waals surface area contributed by atoms with Crippen molar-refractivity contribution in [1.29, 1.82) is 10.5 Å². The molecule has 3 heterocycles. The molecule has 0 radical (unpaired) electrons. The fourth-order valence-electron chi connectivity index (χ4n) is 5.13. The van der Waals surface area contributed by atoms with Gasteiger partial charge in [0.15, 0.2) is 0 Å². The van der Waals surface area contributed by atoms with E-state index >= 15 is 0 Å². The zero-order chi connectivity index (χ0) is 23.2. The van der Waals surface area contributed by atoms with E-state index in [2.05, 4.69) is 27.3 Å². The molecule has 2 aliphatic heterocycles. The summed E-state index contributed by atoms with van der Waals surface area (Å²) in [4.78, 5) is 31.4. The quantitative estimate of drug-likeness (QED) is 0.751. The molecule has 2 amide bonds. The maximum absolute atomic E-state index is 12.3. The van der Waals surface area contributed by atoms with Gasteiger partial charge in [-0.2, -0.15) is 10.5 Å². The Morgan fingerprint density at radius 3 is 2.48 bits per heavy atom. The van der Waals surface area contributed by atoms with Crippen LogP contribution in [0.3, 0.4) is 0 Å². The molecule has 2 unspecified atom stereocenters. The zero-order valence-corrected chi connectivity index (χ0v) is 18.1. The number of cyclic esters (lactones) is 1. The van der Waals surface area contributed by atoms with Gasteiger partial charge < -0.3 is 15.0 Å². The monoisotopic (exact) mass is 442 g/mol. The van der Waals surface area contributed by atoms with E-state index in [1.54, 1.807) is 17.2 Å². The van der Waals surface area contributed by atoms with Gasteiger partial charge in [-0.05, 0) is 29.8 Å². The van der Waals surface area contributed by atoms with Crippen LogP contribution in [0.5, 0.6) is 0 Å². The lowest BCUT2D eigenvalue weighted by Gasteiger charge is -2.24. The first-order chi connectivity index (χ1) is 16.0. The van der Waals surface area contributed by atoms with Crippen LogP contribution in [-0.2, 0) is 14.9 Å². The summed E-state index contributed by atoms with van der Waals surface area (Å²) in [6.45, 7) is 3.54. The number of hydrogen-bond acceptors (Lipinski definition) is 7. The molecule has 1 aromatic heterocycles. The summed E-state index contributed by atoms with van der Waals surface area (Å²) in [7, 11) is 0. The van der Waals surface area contributed by atoms with E-state index in [0.717, 1.165) is 24.5 Å². The van der Waals surface area contributed by atoms with E-state index in [1.807, 2.05) is 30.3 Å². The Bertz CT molecular complexity index is 1170. The molecular weight excluding hydrogens is 420 g/mol. The predicted octanol–water partition coefficient (Wildman–Crippen LogP) is 1.94. The highest BCUT2D eigenvalue weighted by Gasteiger charge is 2.70. The highest BCUT2D eigenvalue weighted by molar-refractivity contribution is 5.89. The summed E-state index contributed by atoms with van der Waals surface area (Å²) in [5, 5.41) is 21.7. The predicted molar refractivity (Wildman–Crippen MR) is 118 cm³/mol. The summed E-state index contributed by atoms with van der Waals surface area (Å²) >= 11 is 0. The summed E-state index contributed by atoms with van der Waals surface area (Å²) in [6.07, 6.45) is 0.734. The van der Waals surface area contributed by atoms with E-state index in [9.17, 15) is 14.9 Å². The van der Waals surface area contributed by atoms with Crippen LogP contribution in [0.4, 0.5) is 16.3 Å². The second-order valence-electron chi connectivity index (χ2n) is 8.72. The average Bonchev–Trinajstić information content (AvgIpc) is 3.11. The van der Waals surface area contributed by atoms with Crippen molar-refractivity contribution in [1.82, 2.24) is 10.3 Å². The van der Waals surface area contributed by atoms with Gasteiger partial charge >= 0.3 is 6.09 Å². The van der Waals surface area contributed by atoms with Crippen molar-refractivity contribution in [3.8, 4) is 12.1 Å². The van der Waals surface area contributed by atoms with Crippen LogP contribution in [-0.4, -0.2) is 49.3 Å². The average molecular weight is 442 g/mol. The van der Waals surface area contributed by atoms with Crippen molar-refractivity contribution in [2.24, 2.45) is 11.8 Å². The molecule has 3 atom stereocenters. The van der Waals surface area contributed by atoms with Crippen molar-refractivity contribution in [2.45, 2.75) is 18.4 Å². The normalized spacial score (nSPS) is 27.4. The fourth-order valence-corrected chi connectivity index (χ4v) is 5.13. The van der Waals surface area contributed by atoms with E-state index in [-0.39, 0.29) is 24.3 Å². The van der Waals surface area contributed by atoms with Crippen LogP contribution in [0.2, 0.25) is 0 Å². The Balaban J connectivity index is 1.26. The zero-order valence-electron chi connectivity index (χ0n) is 18.1. The van der Waals surface area contributed by atoms with Gasteiger partial charge in [0.1, 0.15) is 18.0 Å². The molecule has 0 bridgehead atoms. The number of carbonyl (C=O) groups is 2. The summed E-state index contributed by atoms with van der Waals surface area (Å²) < 4.78 is 5.33. The van der Waals surface area contributed by atoms with Gasteiger partial charge in [0, 0.05) is 43.7 Å². The number of aromatic nitrogens is 1. The molecule has 1 N–H and O–H groups in total. The number of anilines is 2. The lowest BCUT2D eigenvalue weighted by molar-refractivity contribution is -0.119. The van der Waals surface area contributed by atoms with E-state index in [0.29, 0.717) is 17.8 Å². The number of nitriles is 2. The number of piperidine rings is 1. The number of pyridine rings is 1. The molecule has 3 fully saturated rings. The maximum Gasteiger partial charge on any atom is 0.414 e. The third-order valence-electron chi connectivity index (χ3n) is 6.88. The molecule has 1 aliphatic carbocycles. The number of amides is 2. The first-order valence-electron chi connectivity index (χ1n) is 10.8. The molecule has 2 aromatic rings. The molecule has 2 saturated heterocycles.